The van der Waals surface area contributed by atoms with Crippen LogP contribution in [0.4, 0.5) is 5.69 Å². The van der Waals surface area contributed by atoms with Crippen LogP contribution in [0.3, 0.4) is 0 Å². The van der Waals surface area contributed by atoms with Gasteiger partial charge in [-0.25, -0.2) is 9.66 Å². The van der Waals surface area contributed by atoms with Crippen molar-refractivity contribution in [2.45, 2.75) is 6.92 Å². The van der Waals surface area contributed by atoms with Crippen molar-refractivity contribution in [1.82, 2.24) is 9.66 Å². The number of rotatable bonds is 0. The first kappa shape index (κ1) is 6.97. The number of benzene rings is 1. The van der Waals surface area contributed by atoms with Crippen molar-refractivity contribution in [3.05, 3.63) is 24.0 Å². The predicted octanol–water partition coefficient (Wildman–Crippen LogP) is 0.641. The molecule has 0 atom stereocenters. The average Bonchev–Trinajstić information content (AvgIpc) is 2.28. The van der Waals surface area contributed by atoms with Crippen LogP contribution >= 0.6 is 0 Å². The van der Waals surface area contributed by atoms with E-state index in [1.807, 2.05) is 25.1 Å². The zero-order valence-electron chi connectivity index (χ0n) is 6.78. The minimum absolute atomic E-state index is 0.709. The van der Waals surface area contributed by atoms with Gasteiger partial charge in [0, 0.05) is 5.69 Å². The highest BCUT2D eigenvalue weighted by Gasteiger charge is 2.03. The molecule has 0 radical (unpaired) electrons. The van der Waals surface area contributed by atoms with Crippen molar-refractivity contribution in [2.75, 3.05) is 11.6 Å². The molecule has 1 aromatic carbocycles. The summed E-state index contributed by atoms with van der Waals surface area (Å²) in [5, 5.41) is 0. The lowest BCUT2D eigenvalue weighted by Crippen LogP contribution is -2.09. The smallest absolute Gasteiger partial charge is 0.125 e. The number of nitrogen functional groups attached to an aromatic ring is 2. The third-order valence-corrected chi connectivity index (χ3v) is 1.89. The first-order chi connectivity index (χ1) is 5.68. The quantitative estimate of drug-likeness (QED) is 0.441. The number of fused-ring (bicyclic) bond motifs is 1. The molecule has 12 heavy (non-hydrogen) atoms. The normalized spacial score (nSPS) is 10.8. The minimum Gasteiger partial charge on any atom is -0.399 e. The lowest BCUT2D eigenvalue weighted by molar-refractivity contribution is 0.956. The molecule has 0 saturated carbocycles. The Morgan fingerprint density at radius 3 is 2.92 bits per heavy atom. The maximum Gasteiger partial charge on any atom is 0.125 e. The molecule has 1 aromatic heterocycles. The van der Waals surface area contributed by atoms with Crippen LogP contribution in [-0.2, 0) is 0 Å². The molecular weight excluding hydrogens is 152 g/mol. The first-order valence-corrected chi connectivity index (χ1v) is 3.68. The van der Waals surface area contributed by atoms with E-state index in [1.165, 1.54) is 0 Å². The lowest BCUT2D eigenvalue weighted by atomic mass is 10.3. The monoisotopic (exact) mass is 162 g/mol. The van der Waals surface area contributed by atoms with Crippen LogP contribution in [0.15, 0.2) is 18.2 Å². The lowest BCUT2D eigenvalue weighted by Gasteiger charge is -1.95. The van der Waals surface area contributed by atoms with Gasteiger partial charge in [-0.05, 0) is 25.1 Å². The van der Waals surface area contributed by atoms with Crippen LogP contribution in [-0.4, -0.2) is 9.66 Å². The second-order valence-electron chi connectivity index (χ2n) is 2.78. The van der Waals surface area contributed by atoms with Gasteiger partial charge in [0.2, 0.25) is 0 Å². The number of aromatic nitrogens is 2. The molecule has 0 amide bonds. The third kappa shape index (κ3) is 0.812. The standard InChI is InChI=1S/C8H10N4/c1-5-11-7-4-6(9)2-3-8(7)12(5)10/h2-4H,9-10H2,1H3. The number of hydrogen-bond donors (Lipinski definition) is 2. The Morgan fingerprint density at radius 2 is 2.17 bits per heavy atom. The van der Waals surface area contributed by atoms with Gasteiger partial charge < -0.3 is 11.6 Å². The van der Waals surface area contributed by atoms with E-state index in [9.17, 15) is 0 Å². The Labute approximate surface area is 69.8 Å². The van der Waals surface area contributed by atoms with Gasteiger partial charge in [0.15, 0.2) is 0 Å². The third-order valence-electron chi connectivity index (χ3n) is 1.89. The number of aryl methyl sites for hydroxylation is 1. The van der Waals surface area contributed by atoms with Gasteiger partial charge in [0.25, 0.3) is 0 Å². The fraction of sp³-hybridized carbons (Fsp3) is 0.125. The van der Waals surface area contributed by atoms with E-state index < -0.39 is 0 Å². The van der Waals surface area contributed by atoms with Gasteiger partial charge >= 0.3 is 0 Å². The number of nitrogens with zero attached hydrogens (tertiary/aromatic N) is 2. The molecule has 2 rings (SSSR count). The van der Waals surface area contributed by atoms with E-state index >= 15 is 0 Å². The highest BCUT2D eigenvalue weighted by molar-refractivity contribution is 5.79. The largest absolute Gasteiger partial charge is 0.399 e. The fourth-order valence-electron chi connectivity index (χ4n) is 1.24. The van der Waals surface area contributed by atoms with Gasteiger partial charge in [-0.2, -0.15) is 0 Å². The molecule has 0 unspecified atom stereocenters. The Morgan fingerprint density at radius 1 is 1.42 bits per heavy atom. The van der Waals surface area contributed by atoms with Crippen LogP contribution in [0.2, 0.25) is 0 Å². The van der Waals surface area contributed by atoms with Crippen molar-refractivity contribution in [2.24, 2.45) is 0 Å². The molecule has 4 N–H and O–H groups in total. The minimum atomic E-state index is 0.709. The molecule has 4 nitrogen and oxygen atoms in total. The summed E-state index contributed by atoms with van der Waals surface area (Å²) in [6.45, 7) is 1.86. The van der Waals surface area contributed by atoms with Crippen LogP contribution < -0.4 is 11.6 Å². The molecule has 0 aliphatic heterocycles. The second kappa shape index (κ2) is 2.14. The van der Waals surface area contributed by atoms with Gasteiger partial charge in [0.05, 0.1) is 11.0 Å². The maximum atomic E-state index is 5.70. The van der Waals surface area contributed by atoms with Gasteiger partial charge in [-0.3, -0.25) is 0 Å². The number of hydrogen-bond acceptors (Lipinski definition) is 3. The highest BCUT2D eigenvalue weighted by Crippen LogP contribution is 2.15. The molecule has 0 aliphatic carbocycles. The van der Waals surface area contributed by atoms with E-state index in [-0.39, 0.29) is 0 Å². The summed E-state index contributed by atoms with van der Waals surface area (Å²) in [4.78, 5) is 4.23. The average molecular weight is 162 g/mol. The van der Waals surface area contributed by atoms with Crippen LogP contribution in [0, 0.1) is 6.92 Å². The summed E-state index contributed by atoms with van der Waals surface area (Å²) in [7, 11) is 0. The van der Waals surface area contributed by atoms with E-state index in [0.717, 1.165) is 16.9 Å². The summed E-state index contributed by atoms with van der Waals surface area (Å²) >= 11 is 0. The summed E-state index contributed by atoms with van der Waals surface area (Å²) in [6.07, 6.45) is 0. The summed E-state index contributed by atoms with van der Waals surface area (Å²) in [5.74, 6) is 6.49. The first-order valence-electron chi connectivity index (χ1n) is 3.68. The van der Waals surface area contributed by atoms with E-state index in [0.29, 0.717) is 5.69 Å². The van der Waals surface area contributed by atoms with E-state index in [4.69, 9.17) is 11.6 Å². The molecule has 1 heterocycles. The highest BCUT2D eigenvalue weighted by atomic mass is 15.3. The van der Waals surface area contributed by atoms with Crippen LogP contribution in [0.5, 0.6) is 0 Å². The molecule has 0 fully saturated rings. The number of anilines is 1. The SMILES string of the molecule is Cc1nc2cc(N)ccc2n1N. The van der Waals surface area contributed by atoms with Crippen molar-refractivity contribution in [3.8, 4) is 0 Å². The van der Waals surface area contributed by atoms with E-state index in [1.54, 1.807) is 4.68 Å². The number of imidazole rings is 1. The van der Waals surface area contributed by atoms with Crippen LogP contribution in [0.25, 0.3) is 11.0 Å². The second-order valence-corrected chi connectivity index (χ2v) is 2.78. The van der Waals surface area contributed by atoms with Crippen LogP contribution in [0.1, 0.15) is 5.82 Å². The van der Waals surface area contributed by atoms with E-state index in [2.05, 4.69) is 4.98 Å². The Kier molecular flexibility index (Phi) is 1.24. The molecule has 0 saturated heterocycles. The molecular formula is C8H10N4. The van der Waals surface area contributed by atoms with Crippen molar-refractivity contribution < 1.29 is 0 Å². The van der Waals surface area contributed by atoms with Crippen molar-refractivity contribution >= 4 is 16.7 Å². The Balaban J connectivity index is 2.87. The molecule has 0 spiro atoms. The topological polar surface area (TPSA) is 69.9 Å². The molecule has 62 valence electrons. The van der Waals surface area contributed by atoms with Crippen molar-refractivity contribution in [1.29, 1.82) is 0 Å². The Hall–Kier alpha value is -1.71. The maximum absolute atomic E-state index is 5.70. The Bertz CT molecular complexity index is 430. The zero-order valence-corrected chi connectivity index (χ0v) is 6.78. The molecule has 0 bridgehead atoms. The summed E-state index contributed by atoms with van der Waals surface area (Å²) in [6, 6.07) is 5.49. The number of nitrogens with two attached hydrogens (primary N) is 2. The van der Waals surface area contributed by atoms with Gasteiger partial charge in [-0.1, -0.05) is 0 Å². The molecule has 0 aliphatic rings. The fourth-order valence-corrected chi connectivity index (χ4v) is 1.24. The van der Waals surface area contributed by atoms with Gasteiger partial charge in [0.1, 0.15) is 5.82 Å². The van der Waals surface area contributed by atoms with Crippen molar-refractivity contribution in [3.63, 3.8) is 0 Å². The predicted molar refractivity (Wildman–Crippen MR) is 49.0 cm³/mol. The summed E-state index contributed by atoms with van der Waals surface area (Å²) in [5.41, 5.74) is 8.05. The summed E-state index contributed by atoms with van der Waals surface area (Å²) < 4.78 is 1.55. The zero-order chi connectivity index (χ0) is 8.72. The molecule has 2 aromatic rings. The van der Waals surface area contributed by atoms with Gasteiger partial charge in [-0.15, -0.1) is 0 Å². The molecule has 4 heteroatoms.